The van der Waals surface area contributed by atoms with Crippen molar-refractivity contribution in [3.8, 4) is 0 Å². The SMILES string of the molecule is CCC1(CNS(=O)(=O)N2CCC(CNC)CC2)CCCC1. The van der Waals surface area contributed by atoms with Crippen LogP contribution in [0.2, 0.25) is 0 Å². The third kappa shape index (κ3) is 4.41. The summed E-state index contributed by atoms with van der Waals surface area (Å²) < 4.78 is 29.5. The molecule has 0 spiro atoms. The summed E-state index contributed by atoms with van der Waals surface area (Å²) >= 11 is 0. The summed E-state index contributed by atoms with van der Waals surface area (Å²) in [7, 11) is -1.34. The Balaban J connectivity index is 1.85. The zero-order valence-electron chi connectivity index (χ0n) is 13.5. The van der Waals surface area contributed by atoms with Gasteiger partial charge in [0.25, 0.3) is 10.2 Å². The van der Waals surface area contributed by atoms with Crippen LogP contribution in [0.4, 0.5) is 0 Å². The van der Waals surface area contributed by atoms with E-state index in [4.69, 9.17) is 0 Å². The lowest BCUT2D eigenvalue weighted by molar-refractivity contribution is 0.257. The number of hydrogen-bond donors (Lipinski definition) is 2. The zero-order chi connectivity index (χ0) is 15.3. The molecule has 1 saturated carbocycles. The minimum atomic E-state index is -3.29. The molecule has 0 aromatic heterocycles. The number of nitrogens with zero attached hydrogens (tertiary/aromatic N) is 1. The van der Waals surface area contributed by atoms with Crippen LogP contribution < -0.4 is 10.0 Å². The monoisotopic (exact) mass is 317 g/mol. The van der Waals surface area contributed by atoms with E-state index in [2.05, 4.69) is 17.0 Å². The van der Waals surface area contributed by atoms with E-state index in [1.165, 1.54) is 12.8 Å². The number of rotatable bonds is 7. The third-order valence-corrected chi connectivity index (χ3v) is 7.00. The average Bonchev–Trinajstić information content (AvgIpc) is 2.96. The lowest BCUT2D eigenvalue weighted by Crippen LogP contribution is -2.48. The van der Waals surface area contributed by atoms with Gasteiger partial charge in [-0.2, -0.15) is 12.7 Å². The molecule has 6 heteroatoms. The van der Waals surface area contributed by atoms with Gasteiger partial charge in [-0.3, -0.25) is 0 Å². The van der Waals surface area contributed by atoms with Crippen molar-refractivity contribution in [1.29, 1.82) is 0 Å². The lowest BCUT2D eigenvalue weighted by atomic mass is 9.84. The topological polar surface area (TPSA) is 61.4 Å². The predicted octanol–water partition coefficient (Wildman–Crippen LogP) is 1.72. The standard InChI is InChI=1S/C15H31N3O2S/c1-3-15(8-4-5-9-15)13-17-21(19,20)18-10-6-14(7-11-18)12-16-2/h14,16-17H,3-13H2,1-2H3. The highest BCUT2D eigenvalue weighted by molar-refractivity contribution is 7.87. The van der Waals surface area contributed by atoms with Gasteiger partial charge in [0.05, 0.1) is 0 Å². The molecule has 2 fully saturated rings. The van der Waals surface area contributed by atoms with E-state index in [0.29, 0.717) is 25.6 Å². The quantitative estimate of drug-likeness (QED) is 0.751. The second-order valence-corrected chi connectivity index (χ2v) is 8.54. The normalized spacial score (nSPS) is 24.5. The van der Waals surface area contributed by atoms with Gasteiger partial charge in [-0.15, -0.1) is 0 Å². The van der Waals surface area contributed by atoms with Gasteiger partial charge in [0.15, 0.2) is 0 Å². The fourth-order valence-corrected chi connectivity index (χ4v) is 5.12. The van der Waals surface area contributed by atoms with Crippen LogP contribution in [0.15, 0.2) is 0 Å². The van der Waals surface area contributed by atoms with Gasteiger partial charge in [-0.25, -0.2) is 4.72 Å². The maximum absolute atomic E-state index is 12.5. The van der Waals surface area contributed by atoms with Crippen LogP contribution in [0.1, 0.15) is 51.9 Å². The Bertz CT molecular complexity index is 411. The van der Waals surface area contributed by atoms with Crippen molar-refractivity contribution in [2.24, 2.45) is 11.3 Å². The van der Waals surface area contributed by atoms with Crippen molar-refractivity contribution in [1.82, 2.24) is 14.3 Å². The van der Waals surface area contributed by atoms with Gasteiger partial charge in [0.1, 0.15) is 0 Å². The van der Waals surface area contributed by atoms with Gasteiger partial charge < -0.3 is 5.32 Å². The second-order valence-electron chi connectivity index (χ2n) is 6.79. The Morgan fingerprint density at radius 2 is 1.81 bits per heavy atom. The van der Waals surface area contributed by atoms with Gasteiger partial charge in [0.2, 0.25) is 0 Å². The van der Waals surface area contributed by atoms with E-state index < -0.39 is 10.2 Å². The number of hydrogen-bond acceptors (Lipinski definition) is 3. The largest absolute Gasteiger partial charge is 0.319 e. The van der Waals surface area contributed by atoms with E-state index in [1.807, 2.05) is 7.05 Å². The molecule has 1 heterocycles. The van der Waals surface area contributed by atoms with Crippen LogP contribution in [0.5, 0.6) is 0 Å². The Kier molecular flexibility index (Phi) is 6.05. The Morgan fingerprint density at radius 1 is 1.19 bits per heavy atom. The van der Waals surface area contributed by atoms with Crippen molar-refractivity contribution in [3.05, 3.63) is 0 Å². The summed E-state index contributed by atoms with van der Waals surface area (Å²) in [4.78, 5) is 0. The summed E-state index contributed by atoms with van der Waals surface area (Å²) in [6.07, 6.45) is 7.80. The van der Waals surface area contributed by atoms with Crippen molar-refractivity contribution in [2.75, 3.05) is 33.2 Å². The average molecular weight is 317 g/mol. The van der Waals surface area contributed by atoms with Crippen molar-refractivity contribution >= 4 is 10.2 Å². The molecule has 0 aromatic carbocycles. The molecule has 0 bridgehead atoms. The number of piperidine rings is 1. The first kappa shape index (κ1) is 17.2. The molecule has 2 rings (SSSR count). The third-order valence-electron chi connectivity index (χ3n) is 5.45. The molecule has 0 atom stereocenters. The van der Waals surface area contributed by atoms with E-state index in [1.54, 1.807) is 4.31 Å². The van der Waals surface area contributed by atoms with Crippen molar-refractivity contribution < 1.29 is 8.42 Å². The summed E-state index contributed by atoms with van der Waals surface area (Å²) in [5.74, 6) is 0.610. The first-order valence-corrected chi connectivity index (χ1v) is 9.85. The van der Waals surface area contributed by atoms with E-state index in [9.17, 15) is 8.42 Å². The zero-order valence-corrected chi connectivity index (χ0v) is 14.3. The molecule has 0 amide bonds. The minimum Gasteiger partial charge on any atom is -0.319 e. The smallest absolute Gasteiger partial charge is 0.279 e. The first-order valence-electron chi connectivity index (χ1n) is 8.41. The molecule has 0 radical (unpaired) electrons. The van der Waals surface area contributed by atoms with Crippen LogP contribution >= 0.6 is 0 Å². The molecular formula is C15H31N3O2S. The molecule has 1 saturated heterocycles. The van der Waals surface area contributed by atoms with Crippen LogP contribution in [0, 0.1) is 11.3 Å². The molecular weight excluding hydrogens is 286 g/mol. The second kappa shape index (κ2) is 7.40. The molecule has 5 nitrogen and oxygen atoms in total. The predicted molar refractivity (Wildman–Crippen MR) is 86.3 cm³/mol. The van der Waals surface area contributed by atoms with E-state index in [0.717, 1.165) is 38.6 Å². The molecule has 2 N–H and O–H groups in total. The van der Waals surface area contributed by atoms with Crippen LogP contribution in [0.3, 0.4) is 0 Å². The van der Waals surface area contributed by atoms with Crippen LogP contribution in [0.25, 0.3) is 0 Å². The van der Waals surface area contributed by atoms with Gasteiger partial charge in [-0.05, 0) is 57.0 Å². The highest BCUT2D eigenvalue weighted by Gasteiger charge is 2.35. The summed E-state index contributed by atoms with van der Waals surface area (Å²) in [6.45, 7) is 5.09. The van der Waals surface area contributed by atoms with Crippen molar-refractivity contribution in [3.63, 3.8) is 0 Å². The maximum Gasteiger partial charge on any atom is 0.279 e. The van der Waals surface area contributed by atoms with Gasteiger partial charge in [-0.1, -0.05) is 19.8 Å². The fourth-order valence-electron chi connectivity index (χ4n) is 3.76. The Hall–Kier alpha value is -0.170. The Labute approximate surface area is 130 Å². The number of nitrogens with one attached hydrogen (secondary N) is 2. The van der Waals surface area contributed by atoms with Crippen LogP contribution in [-0.2, 0) is 10.2 Å². The lowest BCUT2D eigenvalue weighted by Gasteiger charge is -2.33. The highest BCUT2D eigenvalue weighted by Crippen LogP contribution is 2.40. The molecule has 0 unspecified atom stereocenters. The van der Waals surface area contributed by atoms with Gasteiger partial charge in [0, 0.05) is 19.6 Å². The minimum absolute atomic E-state index is 0.206. The van der Waals surface area contributed by atoms with Crippen LogP contribution in [-0.4, -0.2) is 45.9 Å². The molecule has 1 aliphatic heterocycles. The fraction of sp³-hybridized carbons (Fsp3) is 1.00. The van der Waals surface area contributed by atoms with Crippen molar-refractivity contribution in [2.45, 2.75) is 51.9 Å². The molecule has 124 valence electrons. The van der Waals surface area contributed by atoms with E-state index in [-0.39, 0.29) is 5.41 Å². The molecule has 2 aliphatic rings. The highest BCUT2D eigenvalue weighted by atomic mass is 32.2. The molecule has 0 aromatic rings. The Morgan fingerprint density at radius 3 is 2.33 bits per heavy atom. The molecule has 1 aliphatic carbocycles. The summed E-state index contributed by atoms with van der Waals surface area (Å²) in [5, 5.41) is 3.18. The molecule has 21 heavy (non-hydrogen) atoms. The van der Waals surface area contributed by atoms with Gasteiger partial charge >= 0.3 is 0 Å². The van der Waals surface area contributed by atoms with E-state index >= 15 is 0 Å². The first-order chi connectivity index (χ1) is 10.0. The maximum atomic E-state index is 12.5. The summed E-state index contributed by atoms with van der Waals surface area (Å²) in [5.41, 5.74) is 0.206. The summed E-state index contributed by atoms with van der Waals surface area (Å²) in [6, 6.07) is 0.